The van der Waals surface area contributed by atoms with Crippen LogP contribution in [0, 0.1) is 12.8 Å². The second-order valence-electron chi connectivity index (χ2n) is 6.84. The average molecular weight is 376 g/mol. The first-order valence-corrected chi connectivity index (χ1v) is 9.12. The molecule has 2 aromatic carbocycles. The third kappa shape index (κ3) is 3.78. The lowest BCUT2D eigenvalue weighted by atomic mass is 10.1. The molecule has 1 aliphatic rings. The van der Waals surface area contributed by atoms with Crippen LogP contribution < -0.4 is 5.32 Å². The molecule has 0 unspecified atom stereocenters. The van der Waals surface area contributed by atoms with Crippen LogP contribution in [-0.4, -0.2) is 33.4 Å². The molecule has 1 aliphatic heterocycles. The van der Waals surface area contributed by atoms with Crippen LogP contribution in [0.5, 0.6) is 0 Å². The van der Waals surface area contributed by atoms with Gasteiger partial charge in [0, 0.05) is 19.5 Å². The van der Waals surface area contributed by atoms with Crippen molar-refractivity contribution >= 4 is 17.5 Å². The molecule has 7 nitrogen and oxygen atoms in total. The number of benzene rings is 2. The van der Waals surface area contributed by atoms with E-state index in [0.29, 0.717) is 36.1 Å². The van der Waals surface area contributed by atoms with Crippen LogP contribution >= 0.6 is 0 Å². The summed E-state index contributed by atoms with van der Waals surface area (Å²) in [4.78, 5) is 31.1. The quantitative estimate of drug-likeness (QED) is 0.739. The fourth-order valence-corrected chi connectivity index (χ4v) is 3.32. The van der Waals surface area contributed by atoms with Gasteiger partial charge in [0.2, 0.25) is 11.8 Å². The molecule has 4 rings (SSSR count). The second kappa shape index (κ2) is 7.64. The Morgan fingerprint density at radius 3 is 2.68 bits per heavy atom. The molecule has 1 fully saturated rings. The molecule has 3 aromatic rings. The Bertz CT molecular complexity index is 1000. The molecule has 2 heterocycles. The zero-order valence-electron chi connectivity index (χ0n) is 15.5. The minimum Gasteiger partial charge on any atom is -0.338 e. The molecule has 0 aliphatic carbocycles. The maximum atomic E-state index is 12.8. The Hall–Kier alpha value is -3.48. The number of nitrogens with one attached hydrogen (secondary N) is 1. The number of likely N-dealkylation sites (tertiary alicyclic amines) is 1. The van der Waals surface area contributed by atoms with Crippen LogP contribution in [0.15, 0.2) is 59.1 Å². The molecule has 1 N–H and O–H groups in total. The van der Waals surface area contributed by atoms with Gasteiger partial charge in [-0.25, -0.2) is 0 Å². The van der Waals surface area contributed by atoms with Crippen LogP contribution in [0.3, 0.4) is 0 Å². The molecule has 1 atom stereocenters. The van der Waals surface area contributed by atoms with Crippen LogP contribution in [0.25, 0.3) is 11.5 Å². The Kier molecular flexibility index (Phi) is 4.89. The molecule has 0 spiro atoms. The maximum absolute atomic E-state index is 12.8. The molecule has 1 aromatic heterocycles. The summed E-state index contributed by atoms with van der Waals surface area (Å²) in [5, 5.41) is 6.72. The predicted octanol–water partition coefficient (Wildman–Crippen LogP) is 3.03. The summed E-state index contributed by atoms with van der Waals surface area (Å²) in [6.45, 7) is 2.66. The van der Waals surface area contributed by atoms with Gasteiger partial charge in [-0.1, -0.05) is 47.6 Å². The highest BCUT2D eigenvalue weighted by Gasteiger charge is 2.34. The highest BCUT2D eigenvalue weighted by atomic mass is 16.5. The molecule has 28 heavy (non-hydrogen) atoms. The first-order chi connectivity index (χ1) is 13.6. The monoisotopic (exact) mass is 376 g/mol. The van der Waals surface area contributed by atoms with Gasteiger partial charge >= 0.3 is 0 Å². The van der Waals surface area contributed by atoms with Crippen LogP contribution in [-0.2, 0) is 16.1 Å². The highest BCUT2D eigenvalue weighted by molar-refractivity contribution is 5.99. The molecule has 2 amide bonds. The fraction of sp³-hybridized carbons (Fsp3) is 0.238. The average Bonchev–Trinajstić information content (AvgIpc) is 3.29. The van der Waals surface area contributed by atoms with Gasteiger partial charge in [0.15, 0.2) is 5.82 Å². The first kappa shape index (κ1) is 17.9. The van der Waals surface area contributed by atoms with E-state index in [1.165, 1.54) is 0 Å². The number of aryl methyl sites for hydroxylation is 1. The minimum atomic E-state index is -0.395. The molecule has 1 saturated heterocycles. The zero-order chi connectivity index (χ0) is 19.5. The number of amides is 2. The van der Waals surface area contributed by atoms with Crippen molar-refractivity contribution in [3.8, 4) is 11.5 Å². The highest BCUT2D eigenvalue weighted by Crippen LogP contribution is 2.28. The molecule has 0 saturated carbocycles. The maximum Gasteiger partial charge on any atom is 0.260 e. The van der Waals surface area contributed by atoms with Crippen LogP contribution in [0.4, 0.5) is 5.69 Å². The fourth-order valence-electron chi connectivity index (χ4n) is 3.32. The van der Waals surface area contributed by atoms with E-state index in [1.807, 2.05) is 48.5 Å². The standard InChI is InChI=1S/C21H20N4O3/c1-14-22-21(28-24-14)17-9-5-6-10-18(17)23-20(27)16-11-19(26)25(13-16)12-15-7-3-2-4-8-15/h2-10,16H,11-13H2,1H3,(H,23,27)/t16-/m0/s1. The summed E-state index contributed by atoms with van der Waals surface area (Å²) < 4.78 is 5.22. The van der Waals surface area contributed by atoms with E-state index in [0.717, 1.165) is 5.56 Å². The van der Waals surface area contributed by atoms with E-state index in [2.05, 4.69) is 15.5 Å². The van der Waals surface area contributed by atoms with Crippen molar-refractivity contribution in [3.05, 3.63) is 66.0 Å². The Morgan fingerprint density at radius 1 is 1.18 bits per heavy atom. The number of hydrogen-bond acceptors (Lipinski definition) is 5. The van der Waals surface area contributed by atoms with Gasteiger partial charge in [-0.05, 0) is 24.6 Å². The third-order valence-electron chi connectivity index (χ3n) is 4.74. The van der Waals surface area contributed by atoms with Crippen molar-refractivity contribution < 1.29 is 14.1 Å². The predicted molar refractivity (Wildman–Crippen MR) is 103 cm³/mol. The first-order valence-electron chi connectivity index (χ1n) is 9.12. The van der Waals surface area contributed by atoms with Gasteiger partial charge < -0.3 is 14.7 Å². The van der Waals surface area contributed by atoms with E-state index < -0.39 is 5.92 Å². The van der Waals surface area contributed by atoms with Crippen molar-refractivity contribution in [3.63, 3.8) is 0 Å². The molecule has 0 radical (unpaired) electrons. The summed E-state index contributed by atoms with van der Waals surface area (Å²) >= 11 is 0. The van der Waals surface area contributed by atoms with Crippen molar-refractivity contribution in [2.75, 3.05) is 11.9 Å². The lowest BCUT2D eigenvalue weighted by Gasteiger charge is -2.17. The lowest BCUT2D eigenvalue weighted by molar-refractivity contribution is -0.128. The summed E-state index contributed by atoms with van der Waals surface area (Å²) in [7, 11) is 0. The number of carbonyl (C=O) groups excluding carboxylic acids is 2. The van der Waals surface area contributed by atoms with Gasteiger partial charge in [-0.3, -0.25) is 9.59 Å². The van der Waals surface area contributed by atoms with E-state index in [-0.39, 0.29) is 18.2 Å². The number of para-hydroxylation sites is 1. The largest absolute Gasteiger partial charge is 0.338 e. The number of nitrogens with zero attached hydrogens (tertiary/aromatic N) is 3. The van der Waals surface area contributed by atoms with Crippen molar-refractivity contribution in [1.29, 1.82) is 0 Å². The zero-order valence-corrected chi connectivity index (χ0v) is 15.5. The lowest BCUT2D eigenvalue weighted by Crippen LogP contribution is -2.28. The molecule has 0 bridgehead atoms. The number of carbonyl (C=O) groups is 2. The van der Waals surface area contributed by atoms with Gasteiger partial charge in [0.25, 0.3) is 5.89 Å². The molecule has 7 heteroatoms. The van der Waals surface area contributed by atoms with Crippen LogP contribution in [0.1, 0.15) is 17.8 Å². The topological polar surface area (TPSA) is 88.3 Å². The van der Waals surface area contributed by atoms with Crippen LogP contribution in [0.2, 0.25) is 0 Å². The summed E-state index contributed by atoms with van der Waals surface area (Å²) in [6.07, 6.45) is 0.209. The Balaban J connectivity index is 1.46. The number of hydrogen-bond donors (Lipinski definition) is 1. The van der Waals surface area contributed by atoms with Crippen molar-refractivity contribution in [1.82, 2.24) is 15.0 Å². The molecular formula is C21H20N4O3. The summed E-state index contributed by atoms with van der Waals surface area (Å²) in [5.41, 5.74) is 2.29. The number of aromatic nitrogens is 2. The number of anilines is 1. The summed E-state index contributed by atoms with van der Waals surface area (Å²) in [5.74, 6) is 0.279. The Labute approximate surface area is 162 Å². The van der Waals surface area contributed by atoms with Gasteiger partial charge in [0.05, 0.1) is 17.2 Å². The van der Waals surface area contributed by atoms with Crippen molar-refractivity contribution in [2.24, 2.45) is 5.92 Å². The normalized spacial score (nSPS) is 16.4. The van der Waals surface area contributed by atoms with E-state index in [1.54, 1.807) is 17.9 Å². The molecule has 142 valence electrons. The summed E-state index contributed by atoms with van der Waals surface area (Å²) in [6, 6.07) is 17.0. The molecular weight excluding hydrogens is 356 g/mol. The van der Waals surface area contributed by atoms with Crippen molar-refractivity contribution in [2.45, 2.75) is 19.9 Å². The minimum absolute atomic E-state index is 0.00943. The van der Waals surface area contributed by atoms with Gasteiger partial charge in [0.1, 0.15) is 0 Å². The SMILES string of the molecule is Cc1noc(-c2ccccc2NC(=O)[C@H]2CC(=O)N(Cc3ccccc3)C2)n1. The van der Waals surface area contributed by atoms with E-state index >= 15 is 0 Å². The number of rotatable bonds is 5. The third-order valence-corrected chi connectivity index (χ3v) is 4.74. The second-order valence-corrected chi connectivity index (χ2v) is 6.84. The van der Waals surface area contributed by atoms with E-state index in [9.17, 15) is 9.59 Å². The van der Waals surface area contributed by atoms with Gasteiger partial charge in [-0.15, -0.1) is 0 Å². The van der Waals surface area contributed by atoms with Gasteiger partial charge in [-0.2, -0.15) is 4.98 Å². The Morgan fingerprint density at radius 2 is 1.93 bits per heavy atom. The van der Waals surface area contributed by atoms with E-state index in [4.69, 9.17) is 4.52 Å². The smallest absolute Gasteiger partial charge is 0.260 e.